The molecule has 24 heavy (non-hydrogen) atoms. The molecule has 4 rings (SSSR count). The van der Waals surface area contributed by atoms with Crippen molar-refractivity contribution in [2.75, 3.05) is 30.4 Å². The molecule has 1 saturated heterocycles. The number of H-pyrrole nitrogens is 1. The van der Waals surface area contributed by atoms with Crippen LogP contribution in [0.3, 0.4) is 0 Å². The van der Waals surface area contributed by atoms with Gasteiger partial charge in [0.15, 0.2) is 0 Å². The van der Waals surface area contributed by atoms with E-state index in [1.165, 1.54) is 0 Å². The molecule has 0 saturated carbocycles. The van der Waals surface area contributed by atoms with Crippen LogP contribution in [0.15, 0.2) is 24.5 Å². The number of hydrogen-bond acceptors (Lipinski definition) is 6. The minimum atomic E-state index is 0.261. The zero-order valence-electron chi connectivity index (χ0n) is 13.8. The molecule has 124 valence electrons. The van der Waals surface area contributed by atoms with E-state index in [1.807, 2.05) is 25.3 Å². The van der Waals surface area contributed by atoms with E-state index in [2.05, 4.69) is 27.0 Å². The van der Waals surface area contributed by atoms with Crippen molar-refractivity contribution in [1.29, 1.82) is 0 Å². The minimum Gasteiger partial charge on any atom is -0.398 e. The summed E-state index contributed by atoms with van der Waals surface area (Å²) in [5.74, 6) is 0.865. The Morgan fingerprint density at radius 1 is 1.42 bits per heavy atom. The molecule has 7 heteroatoms. The zero-order chi connectivity index (χ0) is 16.7. The molecule has 3 aromatic rings. The van der Waals surface area contributed by atoms with Gasteiger partial charge >= 0.3 is 0 Å². The van der Waals surface area contributed by atoms with Gasteiger partial charge in [-0.15, -0.1) is 0 Å². The first-order valence-electron chi connectivity index (χ1n) is 8.05. The average Bonchev–Trinajstić information content (AvgIpc) is 3.09. The highest BCUT2D eigenvalue weighted by Gasteiger charge is 2.22. The Labute approximate surface area is 139 Å². The van der Waals surface area contributed by atoms with Gasteiger partial charge in [-0.3, -0.25) is 10.1 Å². The first-order valence-corrected chi connectivity index (χ1v) is 8.05. The number of fused-ring (bicyclic) bond motifs is 1. The summed E-state index contributed by atoms with van der Waals surface area (Å²) in [6.07, 6.45) is 3.54. The second kappa shape index (κ2) is 5.76. The third kappa shape index (κ3) is 2.37. The van der Waals surface area contributed by atoms with Crippen molar-refractivity contribution in [3.8, 4) is 11.4 Å². The highest BCUT2D eigenvalue weighted by atomic mass is 16.5. The highest BCUT2D eigenvalue weighted by molar-refractivity contribution is 6.00. The van der Waals surface area contributed by atoms with Crippen molar-refractivity contribution in [3.63, 3.8) is 0 Å². The Hall–Kier alpha value is -2.67. The van der Waals surface area contributed by atoms with Gasteiger partial charge in [0.05, 0.1) is 24.9 Å². The molecule has 3 N–H and O–H groups in total. The number of hydrogen-bond donors (Lipinski definition) is 2. The molecule has 0 bridgehead atoms. The zero-order valence-corrected chi connectivity index (χ0v) is 13.8. The van der Waals surface area contributed by atoms with Crippen molar-refractivity contribution in [2.45, 2.75) is 19.9 Å². The number of nitrogens with zero attached hydrogens (tertiary/aromatic N) is 4. The smallest absolute Gasteiger partial charge is 0.131 e. The molecular weight excluding hydrogens is 304 g/mol. The summed E-state index contributed by atoms with van der Waals surface area (Å²) in [6.45, 7) is 6.33. The lowest BCUT2D eigenvalue weighted by molar-refractivity contribution is 0.0986. The number of aromatic nitrogens is 4. The van der Waals surface area contributed by atoms with Crippen LogP contribution in [0.5, 0.6) is 0 Å². The van der Waals surface area contributed by atoms with Crippen LogP contribution in [0.4, 0.5) is 11.5 Å². The van der Waals surface area contributed by atoms with Crippen LogP contribution in [0.1, 0.15) is 12.5 Å². The fourth-order valence-corrected chi connectivity index (χ4v) is 3.22. The first-order chi connectivity index (χ1) is 11.6. The van der Waals surface area contributed by atoms with Gasteiger partial charge in [0.1, 0.15) is 17.0 Å². The number of aromatic amines is 1. The van der Waals surface area contributed by atoms with Gasteiger partial charge in [0.2, 0.25) is 0 Å². The number of morpholine rings is 1. The minimum absolute atomic E-state index is 0.261. The number of nitrogen functional groups attached to an aromatic ring is 1. The summed E-state index contributed by atoms with van der Waals surface area (Å²) in [4.78, 5) is 11.7. The van der Waals surface area contributed by atoms with Crippen molar-refractivity contribution >= 4 is 22.4 Å². The molecule has 0 aromatic carbocycles. The van der Waals surface area contributed by atoms with Gasteiger partial charge in [0.25, 0.3) is 0 Å². The predicted octanol–water partition coefficient (Wildman–Crippen LogP) is 2.14. The second-order valence-corrected chi connectivity index (χ2v) is 6.17. The molecule has 3 aromatic heterocycles. The normalized spacial score (nSPS) is 18.2. The van der Waals surface area contributed by atoms with E-state index in [0.717, 1.165) is 40.2 Å². The van der Waals surface area contributed by atoms with Crippen LogP contribution in [0.25, 0.3) is 22.3 Å². The summed E-state index contributed by atoms with van der Waals surface area (Å²) in [5, 5.41) is 7.93. The van der Waals surface area contributed by atoms with Crippen LogP contribution in [-0.2, 0) is 4.74 Å². The molecular formula is C17H20N6O. The molecule has 0 amide bonds. The van der Waals surface area contributed by atoms with Crippen molar-refractivity contribution in [2.24, 2.45) is 0 Å². The summed E-state index contributed by atoms with van der Waals surface area (Å²) >= 11 is 0. The number of rotatable bonds is 2. The van der Waals surface area contributed by atoms with E-state index in [4.69, 9.17) is 15.5 Å². The summed E-state index contributed by atoms with van der Waals surface area (Å²) in [5.41, 5.74) is 10.5. The lowest BCUT2D eigenvalue weighted by Crippen LogP contribution is -2.44. The summed E-state index contributed by atoms with van der Waals surface area (Å²) in [6, 6.07) is 4.10. The van der Waals surface area contributed by atoms with Crippen LogP contribution in [0, 0.1) is 6.92 Å². The average molecular weight is 324 g/mol. The number of anilines is 2. The van der Waals surface area contributed by atoms with Gasteiger partial charge in [-0.05, 0) is 25.5 Å². The fourth-order valence-electron chi connectivity index (χ4n) is 3.22. The molecule has 0 aliphatic carbocycles. The number of nitrogens with two attached hydrogens (primary N) is 1. The third-order valence-corrected chi connectivity index (χ3v) is 4.46. The molecule has 1 atom stereocenters. The number of ether oxygens (including phenoxy) is 1. The number of nitrogens with one attached hydrogen (secondary N) is 1. The number of pyridine rings is 2. The number of aryl methyl sites for hydroxylation is 1. The van der Waals surface area contributed by atoms with E-state index in [1.54, 1.807) is 6.20 Å². The van der Waals surface area contributed by atoms with Gasteiger partial charge in [0, 0.05) is 36.1 Å². The monoisotopic (exact) mass is 324 g/mol. The second-order valence-electron chi connectivity index (χ2n) is 6.17. The van der Waals surface area contributed by atoms with Crippen molar-refractivity contribution in [1.82, 2.24) is 20.2 Å². The van der Waals surface area contributed by atoms with E-state index >= 15 is 0 Å². The van der Waals surface area contributed by atoms with E-state index in [-0.39, 0.29) is 6.04 Å². The third-order valence-electron chi connectivity index (χ3n) is 4.46. The lowest BCUT2D eigenvalue weighted by atomic mass is 10.1. The molecule has 4 heterocycles. The molecule has 0 spiro atoms. The summed E-state index contributed by atoms with van der Waals surface area (Å²) < 4.78 is 5.53. The van der Waals surface area contributed by atoms with E-state index < -0.39 is 0 Å². The van der Waals surface area contributed by atoms with Crippen LogP contribution in [-0.4, -0.2) is 46.0 Å². The Bertz CT molecular complexity index is 876. The van der Waals surface area contributed by atoms with E-state index in [9.17, 15) is 0 Å². The van der Waals surface area contributed by atoms with Crippen LogP contribution >= 0.6 is 0 Å². The predicted molar refractivity (Wildman–Crippen MR) is 93.9 cm³/mol. The fraction of sp³-hybridized carbons (Fsp3) is 0.353. The van der Waals surface area contributed by atoms with Crippen molar-refractivity contribution in [3.05, 3.63) is 30.1 Å². The van der Waals surface area contributed by atoms with Crippen LogP contribution < -0.4 is 10.6 Å². The quantitative estimate of drug-likeness (QED) is 0.750. The Morgan fingerprint density at radius 3 is 3.04 bits per heavy atom. The van der Waals surface area contributed by atoms with Gasteiger partial charge < -0.3 is 15.4 Å². The molecule has 1 aliphatic rings. The topological polar surface area (TPSA) is 93.0 Å². The highest BCUT2D eigenvalue weighted by Crippen LogP contribution is 2.33. The maximum absolute atomic E-state index is 6.38. The maximum atomic E-state index is 6.38. The molecule has 7 nitrogen and oxygen atoms in total. The standard InChI is InChI=1S/C17H20N6O/c1-10-8-19-16(13-3-4-20-22-13)17-15(10)12(18)7-14(21-17)23-5-6-24-9-11(23)2/h3-4,7-8,11H,5-6,9H2,1-2H3,(H2,18,21)(H,20,22). The SMILES string of the molecule is Cc1cnc(-c2ccn[nH]2)c2nc(N3CCOCC3C)cc(N)c12. The van der Waals surface area contributed by atoms with Gasteiger partial charge in [-0.1, -0.05) is 0 Å². The Kier molecular flexibility index (Phi) is 3.57. The Balaban J connectivity index is 1.94. The van der Waals surface area contributed by atoms with Crippen molar-refractivity contribution < 1.29 is 4.74 Å². The van der Waals surface area contributed by atoms with Gasteiger partial charge in [-0.25, -0.2) is 4.98 Å². The van der Waals surface area contributed by atoms with Crippen LogP contribution in [0.2, 0.25) is 0 Å². The maximum Gasteiger partial charge on any atom is 0.131 e. The van der Waals surface area contributed by atoms with E-state index in [0.29, 0.717) is 18.9 Å². The molecule has 0 radical (unpaired) electrons. The molecule has 1 unspecified atom stereocenters. The first kappa shape index (κ1) is 14.9. The molecule has 1 fully saturated rings. The largest absolute Gasteiger partial charge is 0.398 e. The molecule has 1 aliphatic heterocycles. The van der Waals surface area contributed by atoms with Gasteiger partial charge in [-0.2, -0.15) is 5.10 Å². The summed E-state index contributed by atoms with van der Waals surface area (Å²) in [7, 11) is 0. The Morgan fingerprint density at radius 2 is 2.29 bits per heavy atom. The lowest BCUT2D eigenvalue weighted by Gasteiger charge is -2.34.